The van der Waals surface area contributed by atoms with E-state index in [4.69, 9.17) is 14.2 Å². The molecule has 118 valence electrons. The third-order valence-corrected chi connectivity index (χ3v) is 4.10. The lowest BCUT2D eigenvalue weighted by Crippen LogP contribution is -2.40. The molecule has 1 N–H and O–H groups in total. The Labute approximate surface area is 127 Å². The first-order valence-corrected chi connectivity index (χ1v) is 7.52. The molecule has 0 amide bonds. The van der Waals surface area contributed by atoms with Crippen molar-refractivity contribution in [2.45, 2.75) is 39.3 Å². The second-order valence-electron chi connectivity index (χ2n) is 6.58. The summed E-state index contributed by atoms with van der Waals surface area (Å²) in [6.07, 6.45) is 1.01. The van der Waals surface area contributed by atoms with Crippen LogP contribution in [0.15, 0.2) is 18.2 Å². The van der Waals surface area contributed by atoms with Gasteiger partial charge in [0.25, 0.3) is 0 Å². The largest absolute Gasteiger partial charge is 0.497 e. The molecule has 1 aliphatic rings. The smallest absolute Gasteiger partial charge is 0.124 e. The van der Waals surface area contributed by atoms with Crippen molar-refractivity contribution in [3.63, 3.8) is 0 Å². The summed E-state index contributed by atoms with van der Waals surface area (Å²) in [5.41, 5.74) is 1.27. The highest BCUT2D eigenvalue weighted by atomic mass is 16.5. The van der Waals surface area contributed by atoms with Crippen LogP contribution < -0.4 is 14.8 Å². The molecule has 4 nitrogen and oxygen atoms in total. The van der Waals surface area contributed by atoms with E-state index in [1.165, 1.54) is 0 Å². The fourth-order valence-electron chi connectivity index (χ4n) is 2.77. The van der Waals surface area contributed by atoms with E-state index in [1.54, 1.807) is 14.2 Å². The zero-order valence-corrected chi connectivity index (χ0v) is 13.7. The first-order valence-electron chi connectivity index (χ1n) is 7.52. The van der Waals surface area contributed by atoms with Crippen molar-refractivity contribution < 1.29 is 14.2 Å². The van der Waals surface area contributed by atoms with E-state index in [2.05, 4.69) is 26.1 Å². The van der Waals surface area contributed by atoms with Crippen molar-refractivity contribution in [2.24, 2.45) is 5.41 Å². The van der Waals surface area contributed by atoms with Crippen LogP contribution in [0.25, 0.3) is 0 Å². The second-order valence-corrected chi connectivity index (χ2v) is 6.58. The molecule has 1 saturated heterocycles. The fourth-order valence-corrected chi connectivity index (χ4v) is 2.77. The van der Waals surface area contributed by atoms with Crippen molar-refractivity contribution in [3.8, 4) is 11.5 Å². The minimum Gasteiger partial charge on any atom is -0.497 e. The molecule has 2 unspecified atom stereocenters. The predicted octanol–water partition coefficient (Wildman–Crippen LogP) is 3.17. The van der Waals surface area contributed by atoms with E-state index in [9.17, 15) is 0 Å². The normalized spacial score (nSPS) is 23.5. The van der Waals surface area contributed by atoms with Gasteiger partial charge in [-0.1, -0.05) is 20.8 Å². The average Bonchev–Trinajstić information content (AvgIpc) is 2.72. The van der Waals surface area contributed by atoms with Crippen LogP contribution in [0, 0.1) is 5.41 Å². The maximum absolute atomic E-state index is 6.06. The zero-order chi connectivity index (χ0) is 15.5. The lowest BCUT2D eigenvalue weighted by atomic mass is 9.85. The minimum atomic E-state index is -0.0117. The van der Waals surface area contributed by atoms with Gasteiger partial charge in [-0.3, -0.25) is 0 Å². The number of hydrogen-bond donors (Lipinski definition) is 1. The summed E-state index contributed by atoms with van der Waals surface area (Å²) in [4.78, 5) is 0. The molecule has 1 aromatic carbocycles. The van der Waals surface area contributed by atoms with Crippen molar-refractivity contribution in [1.29, 1.82) is 0 Å². The van der Waals surface area contributed by atoms with Crippen LogP contribution in [0.2, 0.25) is 0 Å². The van der Waals surface area contributed by atoms with Crippen LogP contribution in [0.1, 0.15) is 38.9 Å². The van der Waals surface area contributed by atoms with Crippen LogP contribution >= 0.6 is 0 Å². The van der Waals surface area contributed by atoms with Gasteiger partial charge in [0, 0.05) is 24.8 Å². The molecule has 0 saturated carbocycles. The van der Waals surface area contributed by atoms with E-state index in [0.29, 0.717) is 6.04 Å². The van der Waals surface area contributed by atoms with Crippen molar-refractivity contribution in [3.05, 3.63) is 23.8 Å². The summed E-state index contributed by atoms with van der Waals surface area (Å²) in [5, 5.41) is 3.64. The Hall–Kier alpha value is -1.26. The lowest BCUT2D eigenvalue weighted by Gasteiger charge is -2.30. The summed E-state index contributed by atoms with van der Waals surface area (Å²) >= 11 is 0. The Morgan fingerprint density at radius 2 is 1.95 bits per heavy atom. The molecule has 1 aliphatic heterocycles. The number of methoxy groups -OCH3 is 2. The fraction of sp³-hybridized carbons (Fsp3) is 0.647. The summed E-state index contributed by atoms with van der Waals surface area (Å²) in [7, 11) is 3.36. The van der Waals surface area contributed by atoms with Crippen molar-refractivity contribution >= 4 is 0 Å². The molecule has 2 atom stereocenters. The van der Waals surface area contributed by atoms with Crippen molar-refractivity contribution in [1.82, 2.24) is 5.32 Å². The second kappa shape index (κ2) is 6.67. The van der Waals surface area contributed by atoms with E-state index in [1.807, 2.05) is 18.2 Å². The molecule has 0 bridgehead atoms. The predicted molar refractivity (Wildman–Crippen MR) is 84.1 cm³/mol. The first-order chi connectivity index (χ1) is 9.95. The van der Waals surface area contributed by atoms with Gasteiger partial charge >= 0.3 is 0 Å². The topological polar surface area (TPSA) is 39.7 Å². The number of rotatable bonds is 3. The van der Waals surface area contributed by atoms with E-state index >= 15 is 0 Å². The van der Waals surface area contributed by atoms with Crippen LogP contribution in [-0.4, -0.2) is 33.4 Å². The van der Waals surface area contributed by atoms with Gasteiger partial charge in [0.2, 0.25) is 0 Å². The molecule has 0 spiro atoms. The molecule has 1 heterocycles. The van der Waals surface area contributed by atoms with Gasteiger partial charge in [0.1, 0.15) is 11.5 Å². The third-order valence-electron chi connectivity index (χ3n) is 4.10. The third kappa shape index (κ3) is 3.89. The van der Waals surface area contributed by atoms with Gasteiger partial charge in [-0.2, -0.15) is 0 Å². The maximum atomic E-state index is 6.06. The highest BCUT2D eigenvalue weighted by Gasteiger charge is 2.29. The minimum absolute atomic E-state index is 0.0117. The highest BCUT2D eigenvalue weighted by molar-refractivity contribution is 5.42. The Morgan fingerprint density at radius 3 is 2.57 bits per heavy atom. The molecule has 4 heteroatoms. The number of ether oxygens (including phenoxy) is 3. The summed E-state index contributed by atoms with van der Waals surface area (Å²) in [5.74, 6) is 1.67. The van der Waals surface area contributed by atoms with Gasteiger partial charge in [-0.15, -0.1) is 0 Å². The number of hydrogen-bond acceptors (Lipinski definition) is 4. The molecule has 0 aromatic heterocycles. The zero-order valence-electron chi connectivity index (χ0n) is 13.7. The Morgan fingerprint density at radius 1 is 1.19 bits per heavy atom. The maximum Gasteiger partial charge on any atom is 0.124 e. The van der Waals surface area contributed by atoms with Crippen molar-refractivity contribution in [2.75, 3.05) is 27.4 Å². The molecule has 21 heavy (non-hydrogen) atoms. The highest BCUT2D eigenvalue weighted by Crippen LogP contribution is 2.33. The van der Waals surface area contributed by atoms with Gasteiger partial charge in [0.05, 0.1) is 20.3 Å². The summed E-state index contributed by atoms with van der Waals surface area (Å²) in [6, 6.07) is 6.30. The van der Waals surface area contributed by atoms with E-state index in [0.717, 1.165) is 36.6 Å². The molecular weight excluding hydrogens is 266 g/mol. The number of nitrogens with one attached hydrogen (secondary N) is 1. The molecule has 0 aliphatic carbocycles. The Balaban J connectivity index is 2.18. The van der Waals surface area contributed by atoms with Gasteiger partial charge in [-0.25, -0.2) is 0 Å². The SMILES string of the molecule is COc1ccc(OC)c(C2CNC(C(C)(C)C)CCO2)c1. The Kier molecular flexibility index (Phi) is 5.12. The molecule has 1 fully saturated rings. The van der Waals surface area contributed by atoms with E-state index < -0.39 is 0 Å². The van der Waals surface area contributed by atoms with Crippen LogP contribution in [-0.2, 0) is 4.74 Å². The van der Waals surface area contributed by atoms with Crippen LogP contribution in [0.4, 0.5) is 0 Å². The van der Waals surface area contributed by atoms with E-state index in [-0.39, 0.29) is 11.5 Å². The monoisotopic (exact) mass is 293 g/mol. The summed E-state index contributed by atoms with van der Waals surface area (Å²) in [6.45, 7) is 8.32. The van der Waals surface area contributed by atoms with Crippen LogP contribution in [0.5, 0.6) is 11.5 Å². The average molecular weight is 293 g/mol. The molecule has 1 aromatic rings. The quantitative estimate of drug-likeness (QED) is 0.929. The molecule has 0 radical (unpaired) electrons. The summed E-state index contributed by atoms with van der Waals surface area (Å²) < 4.78 is 16.8. The van der Waals surface area contributed by atoms with Crippen LogP contribution in [0.3, 0.4) is 0 Å². The first kappa shape index (κ1) is 16.1. The number of benzene rings is 1. The molecule has 2 rings (SSSR count). The Bertz CT molecular complexity index is 468. The molecular formula is C17H27NO3. The van der Waals surface area contributed by atoms with Gasteiger partial charge in [0.15, 0.2) is 0 Å². The lowest BCUT2D eigenvalue weighted by molar-refractivity contribution is 0.0635. The van der Waals surface area contributed by atoms with Gasteiger partial charge < -0.3 is 19.5 Å². The standard InChI is InChI=1S/C17H27NO3/c1-17(2,3)16-8-9-21-15(11-18-16)13-10-12(19-4)6-7-14(13)20-5/h6-7,10,15-16,18H,8-9,11H2,1-5H3. The van der Waals surface area contributed by atoms with Gasteiger partial charge in [-0.05, 0) is 30.0 Å².